The van der Waals surface area contributed by atoms with Gasteiger partial charge in [-0.1, -0.05) is 6.07 Å². The van der Waals surface area contributed by atoms with E-state index in [1.807, 2.05) is 17.5 Å². The molecule has 0 spiro atoms. The molecule has 0 bridgehead atoms. The van der Waals surface area contributed by atoms with E-state index in [1.165, 1.54) is 29.2 Å². The second-order valence-electron chi connectivity index (χ2n) is 7.45. The third-order valence-electron chi connectivity index (χ3n) is 5.34. The van der Waals surface area contributed by atoms with Gasteiger partial charge in [0.15, 0.2) is 0 Å². The van der Waals surface area contributed by atoms with Gasteiger partial charge in [0, 0.05) is 17.1 Å². The molecule has 1 aliphatic heterocycles. The number of rotatable bonds is 8. The molecule has 170 valence electrons. The lowest BCUT2D eigenvalue weighted by Gasteiger charge is -2.21. The lowest BCUT2D eigenvalue weighted by Crippen LogP contribution is -2.39. The number of amides is 4. The average Bonchev–Trinajstić information content (AvgIpc) is 3.41. The lowest BCUT2D eigenvalue weighted by molar-refractivity contribution is -0.124. The topological polar surface area (TPSA) is 79.0 Å². The molecule has 0 radical (unpaired) electrons. The lowest BCUT2D eigenvalue weighted by atomic mass is 10.1. The Labute approximate surface area is 194 Å². The van der Waals surface area contributed by atoms with Crippen LogP contribution in [0.2, 0.25) is 0 Å². The van der Waals surface area contributed by atoms with E-state index in [-0.39, 0.29) is 18.7 Å². The van der Waals surface area contributed by atoms with E-state index < -0.39 is 29.7 Å². The molecular weight excluding hydrogens is 445 g/mol. The number of methoxy groups -OCH3 is 1. The third-order valence-corrected chi connectivity index (χ3v) is 6.27. The molecule has 1 aromatic heterocycles. The van der Waals surface area contributed by atoms with Gasteiger partial charge in [-0.25, -0.2) is 14.1 Å². The van der Waals surface area contributed by atoms with Crippen LogP contribution in [0.4, 0.5) is 20.6 Å². The van der Waals surface area contributed by atoms with Gasteiger partial charge in [-0.3, -0.25) is 9.59 Å². The molecule has 3 aromatic rings. The molecule has 1 unspecified atom stereocenters. The van der Waals surface area contributed by atoms with Crippen LogP contribution in [0.15, 0.2) is 66.0 Å². The zero-order valence-corrected chi connectivity index (χ0v) is 18.7. The molecule has 1 aliphatic rings. The number of urea groups is 1. The van der Waals surface area contributed by atoms with Crippen LogP contribution in [0.5, 0.6) is 5.75 Å². The Balaban J connectivity index is 1.53. The molecule has 2 aromatic carbocycles. The fraction of sp³-hybridized carbons (Fsp3) is 0.208. The predicted octanol–water partition coefficient (Wildman–Crippen LogP) is 4.30. The number of carbonyl (C=O) groups excluding carboxylic acids is 3. The molecule has 4 amide bonds. The summed E-state index contributed by atoms with van der Waals surface area (Å²) in [7, 11) is 1.55. The number of hydrogen-bond donors (Lipinski definition) is 1. The summed E-state index contributed by atoms with van der Waals surface area (Å²) < 4.78 is 18.5. The first-order valence-electron chi connectivity index (χ1n) is 10.3. The van der Waals surface area contributed by atoms with Crippen molar-refractivity contribution in [1.82, 2.24) is 4.90 Å². The Kier molecular flexibility index (Phi) is 6.69. The van der Waals surface area contributed by atoms with E-state index in [4.69, 9.17) is 4.74 Å². The van der Waals surface area contributed by atoms with E-state index in [9.17, 15) is 18.8 Å². The Morgan fingerprint density at radius 1 is 1.09 bits per heavy atom. The summed E-state index contributed by atoms with van der Waals surface area (Å²) in [5.41, 5.74) is 0.823. The number of nitrogens with one attached hydrogen (secondary N) is 1. The fourth-order valence-electron chi connectivity index (χ4n) is 3.66. The summed E-state index contributed by atoms with van der Waals surface area (Å²) in [5, 5.41) is 4.70. The summed E-state index contributed by atoms with van der Waals surface area (Å²) in [6.45, 7) is 0.281. The van der Waals surface area contributed by atoms with Gasteiger partial charge in [0.1, 0.15) is 17.6 Å². The number of thiophene rings is 1. The second kappa shape index (κ2) is 9.83. The molecule has 1 saturated heterocycles. The number of halogens is 1. The average molecular weight is 468 g/mol. The van der Waals surface area contributed by atoms with Crippen LogP contribution >= 0.6 is 11.3 Å². The summed E-state index contributed by atoms with van der Waals surface area (Å²) in [6.07, 6.45) is 0.364. The first-order chi connectivity index (χ1) is 16.0. The Morgan fingerprint density at radius 2 is 1.82 bits per heavy atom. The van der Waals surface area contributed by atoms with E-state index in [1.54, 1.807) is 42.7 Å². The summed E-state index contributed by atoms with van der Waals surface area (Å²) in [4.78, 5) is 42.6. The number of anilines is 2. The van der Waals surface area contributed by atoms with Crippen molar-refractivity contribution in [2.45, 2.75) is 18.9 Å². The Morgan fingerprint density at radius 3 is 2.45 bits per heavy atom. The number of imide groups is 1. The second-order valence-corrected chi connectivity index (χ2v) is 8.48. The van der Waals surface area contributed by atoms with E-state index >= 15 is 0 Å². The van der Waals surface area contributed by atoms with E-state index in [0.29, 0.717) is 17.9 Å². The minimum Gasteiger partial charge on any atom is -0.497 e. The van der Waals surface area contributed by atoms with Crippen LogP contribution in [0.1, 0.15) is 11.3 Å². The molecule has 33 heavy (non-hydrogen) atoms. The summed E-state index contributed by atoms with van der Waals surface area (Å²) >= 11 is 1.56. The molecule has 9 heteroatoms. The third kappa shape index (κ3) is 5.04. The Bertz CT molecular complexity index is 1130. The highest BCUT2D eigenvalue weighted by atomic mass is 32.1. The van der Waals surface area contributed by atoms with Gasteiger partial charge in [0.25, 0.3) is 5.91 Å². The maximum Gasteiger partial charge on any atom is 0.332 e. The predicted molar refractivity (Wildman–Crippen MR) is 124 cm³/mol. The number of nitrogens with zero attached hydrogens (tertiary/aromatic N) is 2. The van der Waals surface area contributed by atoms with Gasteiger partial charge in [-0.2, -0.15) is 0 Å². The first-order valence-corrected chi connectivity index (χ1v) is 11.2. The largest absolute Gasteiger partial charge is 0.497 e. The van der Waals surface area contributed by atoms with Gasteiger partial charge in [-0.15, -0.1) is 11.3 Å². The molecule has 1 N–H and O–H groups in total. The van der Waals surface area contributed by atoms with Crippen LogP contribution in [0.25, 0.3) is 0 Å². The van der Waals surface area contributed by atoms with Crippen LogP contribution < -0.4 is 15.0 Å². The van der Waals surface area contributed by atoms with E-state index in [2.05, 4.69) is 5.32 Å². The minimum atomic E-state index is -0.958. The minimum absolute atomic E-state index is 0.196. The number of carbonyl (C=O) groups is 3. The van der Waals surface area contributed by atoms with Crippen molar-refractivity contribution in [3.63, 3.8) is 0 Å². The first kappa shape index (κ1) is 22.5. The molecular formula is C24H22FN3O4S. The quantitative estimate of drug-likeness (QED) is 0.501. The molecule has 7 nitrogen and oxygen atoms in total. The SMILES string of the molecule is COc1ccc(NC(=O)CC2C(=O)N(c3ccc(F)cc3)C(=O)N2CCc2cccs2)cc1. The van der Waals surface area contributed by atoms with Crippen molar-refractivity contribution in [2.24, 2.45) is 0 Å². The Hall–Kier alpha value is -3.72. The van der Waals surface area contributed by atoms with Crippen molar-refractivity contribution in [2.75, 3.05) is 23.9 Å². The molecule has 1 atom stereocenters. The van der Waals surface area contributed by atoms with Gasteiger partial charge < -0.3 is 15.0 Å². The zero-order valence-electron chi connectivity index (χ0n) is 17.9. The van der Waals surface area contributed by atoms with Crippen molar-refractivity contribution in [1.29, 1.82) is 0 Å². The monoisotopic (exact) mass is 467 g/mol. The van der Waals surface area contributed by atoms with Crippen LogP contribution in [0.3, 0.4) is 0 Å². The normalized spacial score (nSPS) is 15.8. The molecule has 2 heterocycles. The molecule has 0 aliphatic carbocycles. The number of benzene rings is 2. The summed E-state index contributed by atoms with van der Waals surface area (Å²) in [5.74, 6) is -0.724. The highest BCUT2D eigenvalue weighted by Crippen LogP contribution is 2.28. The smallest absolute Gasteiger partial charge is 0.332 e. The zero-order chi connectivity index (χ0) is 23.4. The molecule has 0 saturated carbocycles. The van der Waals surface area contributed by atoms with Crippen molar-refractivity contribution < 1.29 is 23.5 Å². The van der Waals surface area contributed by atoms with Crippen molar-refractivity contribution in [3.05, 3.63) is 76.7 Å². The van der Waals surface area contributed by atoms with Gasteiger partial charge in [0.2, 0.25) is 5.91 Å². The van der Waals surface area contributed by atoms with Crippen molar-refractivity contribution >= 4 is 40.6 Å². The number of hydrogen-bond acceptors (Lipinski definition) is 5. The summed E-state index contributed by atoms with van der Waals surface area (Å²) in [6, 6.07) is 14.3. The van der Waals surface area contributed by atoms with E-state index in [0.717, 1.165) is 9.78 Å². The van der Waals surface area contributed by atoms with Gasteiger partial charge in [-0.05, 0) is 66.4 Å². The maximum absolute atomic E-state index is 13.4. The molecule has 4 rings (SSSR count). The highest BCUT2D eigenvalue weighted by Gasteiger charge is 2.46. The highest BCUT2D eigenvalue weighted by molar-refractivity contribution is 7.09. The van der Waals surface area contributed by atoms with Crippen LogP contribution in [0, 0.1) is 5.82 Å². The van der Waals surface area contributed by atoms with Gasteiger partial charge in [0.05, 0.1) is 19.2 Å². The number of ether oxygens (including phenoxy) is 1. The van der Waals surface area contributed by atoms with Gasteiger partial charge >= 0.3 is 6.03 Å². The fourth-order valence-corrected chi connectivity index (χ4v) is 4.36. The van der Waals surface area contributed by atoms with Crippen molar-refractivity contribution in [3.8, 4) is 5.75 Å². The van der Waals surface area contributed by atoms with Crippen LogP contribution in [-0.2, 0) is 16.0 Å². The molecule has 1 fully saturated rings. The maximum atomic E-state index is 13.4. The standard InChI is InChI=1S/C24H22FN3O4S/c1-32-19-10-6-17(7-11-19)26-22(29)15-21-23(30)28(18-8-4-16(25)5-9-18)24(31)27(21)13-12-20-3-2-14-33-20/h2-11,14,21H,12-13,15H2,1H3,(H,26,29). The van der Waals surface area contributed by atoms with Crippen LogP contribution in [-0.4, -0.2) is 42.4 Å².